The van der Waals surface area contributed by atoms with Crippen LogP contribution < -0.4 is 5.32 Å². The molecule has 0 unspecified atom stereocenters. The topological polar surface area (TPSA) is 29.9 Å². The maximum absolute atomic E-state index is 4.63. The molecule has 0 bridgehead atoms. The second-order valence-electron chi connectivity index (χ2n) is 6.89. The first-order valence-corrected chi connectivity index (χ1v) is 7.61. The van der Waals surface area contributed by atoms with Crippen LogP contribution in [0.25, 0.3) is 0 Å². The highest BCUT2D eigenvalue weighted by Crippen LogP contribution is 2.25. The standard InChI is InChI=1S/C18H27N3/c1-13-9-7-8-10-16(13)14(2)19-11-15-12-21(6)20-17(15)18(3,4)5/h7-10,12,14,19H,11H2,1-6H3/t14-/m1/s1. The molecule has 1 heterocycles. The number of aryl methyl sites for hydroxylation is 2. The van der Waals surface area contributed by atoms with E-state index in [4.69, 9.17) is 0 Å². The molecule has 0 aliphatic heterocycles. The van der Waals surface area contributed by atoms with Gasteiger partial charge in [0, 0.05) is 36.8 Å². The average molecular weight is 285 g/mol. The largest absolute Gasteiger partial charge is 0.306 e. The van der Waals surface area contributed by atoms with Crippen LogP contribution in [-0.2, 0) is 19.0 Å². The molecule has 2 aromatic rings. The zero-order valence-corrected chi connectivity index (χ0v) is 14.1. The van der Waals surface area contributed by atoms with E-state index >= 15 is 0 Å². The van der Waals surface area contributed by atoms with Crippen LogP contribution in [0.15, 0.2) is 30.5 Å². The molecule has 0 amide bonds. The van der Waals surface area contributed by atoms with Crippen molar-refractivity contribution < 1.29 is 0 Å². The lowest BCUT2D eigenvalue weighted by Crippen LogP contribution is -2.22. The van der Waals surface area contributed by atoms with Crippen molar-refractivity contribution in [2.45, 2.75) is 52.6 Å². The Morgan fingerprint density at radius 3 is 2.52 bits per heavy atom. The number of benzene rings is 1. The van der Waals surface area contributed by atoms with Gasteiger partial charge in [-0.2, -0.15) is 5.10 Å². The molecule has 1 atom stereocenters. The van der Waals surface area contributed by atoms with Crippen LogP contribution >= 0.6 is 0 Å². The van der Waals surface area contributed by atoms with Gasteiger partial charge in [0.1, 0.15) is 0 Å². The molecule has 3 heteroatoms. The van der Waals surface area contributed by atoms with Crippen LogP contribution in [0.5, 0.6) is 0 Å². The molecule has 1 N–H and O–H groups in total. The first-order chi connectivity index (χ1) is 9.79. The van der Waals surface area contributed by atoms with E-state index in [1.54, 1.807) is 0 Å². The SMILES string of the molecule is Cc1ccccc1[C@@H](C)NCc1cn(C)nc1C(C)(C)C. The third-order valence-corrected chi connectivity index (χ3v) is 3.87. The van der Waals surface area contributed by atoms with Gasteiger partial charge in [-0.3, -0.25) is 4.68 Å². The Hall–Kier alpha value is -1.61. The summed E-state index contributed by atoms with van der Waals surface area (Å²) in [5.41, 5.74) is 5.22. The van der Waals surface area contributed by atoms with Crippen LogP contribution in [0.4, 0.5) is 0 Å². The summed E-state index contributed by atoms with van der Waals surface area (Å²) in [4.78, 5) is 0. The van der Waals surface area contributed by atoms with Gasteiger partial charge in [-0.1, -0.05) is 45.0 Å². The fraction of sp³-hybridized carbons (Fsp3) is 0.500. The normalized spacial score (nSPS) is 13.4. The maximum Gasteiger partial charge on any atom is 0.0722 e. The third kappa shape index (κ3) is 3.73. The molecule has 0 saturated carbocycles. The Bertz CT molecular complexity index is 605. The maximum atomic E-state index is 4.63. The fourth-order valence-electron chi connectivity index (χ4n) is 2.74. The predicted octanol–water partition coefficient (Wildman–Crippen LogP) is 3.88. The molecule has 0 aliphatic rings. The second-order valence-corrected chi connectivity index (χ2v) is 6.89. The summed E-state index contributed by atoms with van der Waals surface area (Å²) in [6.07, 6.45) is 2.12. The Labute approximate surface area is 128 Å². The minimum absolute atomic E-state index is 0.0736. The average Bonchev–Trinajstić information content (AvgIpc) is 2.78. The van der Waals surface area contributed by atoms with Crippen LogP contribution in [-0.4, -0.2) is 9.78 Å². The molecule has 2 rings (SSSR count). The molecule has 0 saturated heterocycles. The van der Waals surface area contributed by atoms with Gasteiger partial charge in [-0.05, 0) is 25.0 Å². The molecule has 0 fully saturated rings. The fourth-order valence-corrected chi connectivity index (χ4v) is 2.74. The van der Waals surface area contributed by atoms with E-state index in [0.29, 0.717) is 6.04 Å². The Morgan fingerprint density at radius 1 is 1.24 bits per heavy atom. The zero-order valence-electron chi connectivity index (χ0n) is 14.1. The summed E-state index contributed by atoms with van der Waals surface area (Å²) >= 11 is 0. The molecular weight excluding hydrogens is 258 g/mol. The first kappa shape index (κ1) is 15.8. The quantitative estimate of drug-likeness (QED) is 0.924. The van der Waals surface area contributed by atoms with Gasteiger partial charge in [-0.25, -0.2) is 0 Å². The van der Waals surface area contributed by atoms with E-state index in [9.17, 15) is 0 Å². The summed E-state index contributed by atoms with van der Waals surface area (Å²) < 4.78 is 1.91. The van der Waals surface area contributed by atoms with Gasteiger partial charge < -0.3 is 5.32 Å². The third-order valence-electron chi connectivity index (χ3n) is 3.87. The van der Waals surface area contributed by atoms with Crippen LogP contribution in [0.1, 0.15) is 56.1 Å². The lowest BCUT2D eigenvalue weighted by molar-refractivity contribution is 0.530. The first-order valence-electron chi connectivity index (χ1n) is 7.61. The van der Waals surface area contributed by atoms with E-state index in [2.05, 4.69) is 75.5 Å². The molecule has 0 aliphatic carbocycles. The summed E-state index contributed by atoms with van der Waals surface area (Å²) in [5.74, 6) is 0. The van der Waals surface area contributed by atoms with E-state index in [-0.39, 0.29) is 5.41 Å². The summed E-state index contributed by atoms with van der Waals surface area (Å²) in [6.45, 7) is 11.9. The second kappa shape index (κ2) is 6.02. The Kier molecular flexibility index (Phi) is 4.52. The number of nitrogens with zero attached hydrogens (tertiary/aromatic N) is 2. The number of nitrogens with one attached hydrogen (secondary N) is 1. The van der Waals surface area contributed by atoms with Gasteiger partial charge in [0.25, 0.3) is 0 Å². The van der Waals surface area contributed by atoms with Crippen molar-refractivity contribution in [3.63, 3.8) is 0 Å². The summed E-state index contributed by atoms with van der Waals surface area (Å²) in [5, 5.41) is 8.26. The van der Waals surface area contributed by atoms with Gasteiger partial charge in [0.15, 0.2) is 0 Å². The number of rotatable bonds is 4. The molecule has 1 aromatic carbocycles. The molecule has 114 valence electrons. The van der Waals surface area contributed by atoms with E-state index in [1.165, 1.54) is 22.4 Å². The molecule has 0 spiro atoms. The van der Waals surface area contributed by atoms with Crippen molar-refractivity contribution in [2.75, 3.05) is 0 Å². The minimum atomic E-state index is 0.0736. The minimum Gasteiger partial charge on any atom is -0.306 e. The molecule has 0 radical (unpaired) electrons. The molecule has 1 aromatic heterocycles. The number of hydrogen-bond acceptors (Lipinski definition) is 2. The van der Waals surface area contributed by atoms with Crippen molar-refractivity contribution in [3.8, 4) is 0 Å². The molecular formula is C18H27N3. The predicted molar refractivity (Wildman–Crippen MR) is 88.3 cm³/mol. The van der Waals surface area contributed by atoms with Crippen molar-refractivity contribution in [1.29, 1.82) is 0 Å². The molecule has 3 nitrogen and oxygen atoms in total. The Balaban J connectivity index is 2.12. The zero-order chi connectivity index (χ0) is 15.6. The van der Waals surface area contributed by atoms with Crippen molar-refractivity contribution in [1.82, 2.24) is 15.1 Å². The van der Waals surface area contributed by atoms with E-state index in [0.717, 1.165) is 6.54 Å². The highest BCUT2D eigenvalue weighted by molar-refractivity contribution is 5.29. The lowest BCUT2D eigenvalue weighted by Gasteiger charge is -2.20. The van der Waals surface area contributed by atoms with Crippen LogP contribution in [0.2, 0.25) is 0 Å². The Morgan fingerprint density at radius 2 is 1.90 bits per heavy atom. The highest BCUT2D eigenvalue weighted by Gasteiger charge is 2.22. The van der Waals surface area contributed by atoms with E-state index in [1.807, 2.05) is 11.7 Å². The monoisotopic (exact) mass is 285 g/mol. The smallest absolute Gasteiger partial charge is 0.0722 e. The van der Waals surface area contributed by atoms with Gasteiger partial charge in [0.2, 0.25) is 0 Å². The van der Waals surface area contributed by atoms with Gasteiger partial charge in [0.05, 0.1) is 5.69 Å². The number of aromatic nitrogens is 2. The van der Waals surface area contributed by atoms with E-state index < -0.39 is 0 Å². The highest BCUT2D eigenvalue weighted by atomic mass is 15.3. The number of hydrogen-bond donors (Lipinski definition) is 1. The lowest BCUT2D eigenvalue weighted by atomic mass is 9.89. The van der Waals surface area contributed by atoms with Crippen LogP contribution in [0, 0.1) is 6.92 Å². The van der Waals surface area contributed by atoms with Crippen molar-refractivity contribution in [2.24, 2.45) is 7.05 Å². The van der Waals surface area contributed by atoms with Crippen molar-refractivity contribution >= 4 is 0 Å². The summed E-state index contributed by atoms with van der Waals surface area (Å²) in [6, 6.07) is 8.88. The summed E-state index contributed by atoms with van der Waals surface area (Å²) in [7, 11) is 1.99. The van der Waals surface area contributed by atoms with Crippen LogP contribution in [0.3, 0.4) is 0 Å². The van der Waals surface area contributed by atoms with Crippen molar-refractivity contribution in [3.05, 3.63) is 52.8 Å². The van der Waals surface area contributed by atoms with Gasteiger partial charge >= 0.3 is 0 Å². The molecule has 21 heavy (non-hydrogen) atoms. The van der Waals surface area contributed by atoms with Gasteiger partial charge in [-0.15, -0.1) is 0 Å².